The van der Waals surface area contributed by atoms with E-state index in [9.17, 15) is 4.79 Å². The van der Waals surface area contributed by atoms with Gasteiger partial charge in [0.05, 0.1) is 16.6 Å². The van der Waals surface area contributed by atoms with E-state index in [2.05, 4.69) is 4.98 Å². The topological polar surface area (TPSA) is 34.9 Å². The van der Waals surface area contributed by atoms with Crippen molar-refractivity contribution < 1.29 is 0 Å². The smallest absolute Gasteiger partial charge is 0.303 e. The van der Waals surface area contributed by atoms with Gasteiger partial charge >= 0.3 is 4.87 Å². The van der Waals surface area contributed by atoms with Gasteiger partial charge in [-0.25, -0.2) is 4.98 Å². The molecule has 0 unspecified atom stereocenters. The lowest BCUT2D eigenvalue weighted by molar-refractivity contribution is 0.618. The van der Waals surface area contributed by atoms with Crippen LogP contribution in [0.2, 0.25) is 0 Å². The van der Waals surface area contributed by atoms with Crippen molar-refractivity contribution in [1.82, 2.24) is 9.55 Å². The summed E-state index contributed by atoms with van der Waals surface area (Å²) in [5, 5.41) is 4.99. The van der Waals surface area contributed by atoms with Crippen LogP contribution in [0.4, 0.5) is 0 Å². The molecule has 2 aromatic rings. The van der Waals surface area contributed by atoms with Gasteiger partial charge < -0.3 is 4.57 Å². The molecule has 0 amide bonds. The second-order valence-corrected chi connectivity index (χ2v) is 5.79. The molecule has 0 N–H and O–H groups in total. The molecule has 0 saturated heterocycles. The third kappa shape index (κ3) is 3.18. The highest BCUT2D eigenvalue weighted by Crippen LogP contribution is 2.14. The van der Waals surface area contributed by atoms with Gasteiger partial charge in [0.15, 0.2) is 0 Å². The van der Waals surface area contributed by atoms with Gasteiger partial charge in [-0.15, -0.1) is 22.9 Å². The molecule has 92 valence electrons. The number of aryl methyl sites for hydroxylation is 2. The molecule has 0 bridgehead atoms. The van der Waals surface area contributed by atoms with Gasteiger partial charge in [0.1, 0.15) is 0 Å². The molecule has 2 heterocycles. The molecule has 0 aliphatic rings. The Bertz CT molecular complexity index is 544. The van der Waals surface area contributed by atoms with Crippen molar-refractivity contribution in [2.24, 2.45) is 0 Å². The van der Waals surface area contributed by atoms with Gasteiger partial charge in [0, 0.05) is 29.4 Å². The molecular weight excluding hydrogens is 276 g/mol. The first kappa shape index (κ1) is 12.8. The molecule has 0 fully saturated rings. The maximum atomic E-state index is 11.5. The minimum atomic E-state index is 0.128. The Morgan fingerprint density at radius 2 is 2.24 bits per heavy atom. The van der Waals surface area contributed by atoms with E-state index < -0.39 is 0 Å². The van der Waals surface area contributed by atoms with E-state index in [1.54, 1.807) is 11.3 Å². The average Bonchev–Trinajstić information content (AvgIpc) is 2.90. The Kier molecular flexibility index (Phi) is 4.36. The number of aromatic nitrogens is 2. The van der Waals surface area contributed by atoms with Crippen molar-refractivity contribution in [2.45, 2.75) is 32.2 Å². The molecule has 0 saturated carbocycles. The number of hydrogen-bond donors (Lipinski definition) is 0. The summed E-state index contributed by atoms with van der Waals surface area (Å²) in [6, 6.07) is 0. The molecule has 17 heavy (non-hydrogen) atoms. The Balaban J connectivity index is 1.89. The van der Waals surface area contributed by atoms with Gasteiger partial charge in [-0.1, -0.05) is 11.3 Å². The number of alkyl halides is 1. The van der Waals surface area contributed by atoms with Crippen LogP contribution >= 0.6 is 34.3 Å². The molecule has 3 nitrogen and oxygen atoms in total. The van der Waals surface area contributed by atoms with Crippen LogP contribution < -0.4 is 4.87 Å². The van der Waals surface area contributed by atoms with Crippen molar-refractivity contribution in [3.8, 4) is 0 Å². The van der Waals surface area contributed by atoms with E-state index in [0.717, 1.165) is 35.8 Å². The van der Waals surface area contributed by atoms with Crippen LogP contribution in [-0.4, -0.2) is 9.55 Å². The zero-order valence-electron chi connectivity index (χ0n) is 9.48. The van der Waals surface area contributed by atoms with E-state index in [4.69, 9.17) is 11.6 Å². The molecule has 6 heteroatoms. The summed E-state index contributed by atoms with van der Waals surface area (Å²) in [5.74, 6) is 0.472. The summed E-state index contributed by atoms with van der Waals surface area (Å²) in [4.78, 5) is 16.0. The first-order valence-electron chi connectivity index (χ1n) is 5.35. The van der Waals surface area contributed by atoms with Crippen LogP contribution in [0.15, 0.2) is 15.6 Å². The number of hydrogen-bond acceptors (Lipinski definition) is 4. The lowest BCUT2D eigenvalue weighted by Gasteiger charge is -2.02. The summed E-state index contributed by atoms with van der Waals surface area (Å²) < 4.78 is 1.82. The fraction of sp³-hybridized carbons (Fsp3) is 0.455. The largest absolute Gasteiger partial charge is 0.307 e. The Labute approximate surface area is 113 Å². The van der Waals surface area contributed by atoms with Crippen LogP contribution in [0.25, 0.3) is 0 Å². The van der Waals surface area contributed by atoms with Crippen LogP contribution in [0.1, 0.15) is 22.8 Å². The molecule has 0 spiro atoms. The highest BCUT2D eigenvalue weighted by atomic mass is 35.5. The van der Waals surface area contributed by atoms with Gasteiger partial charge in [0.2, 0.25) is 0 Å². The second kappa shape index (κ2) is 5.80. The van der Waals surface area contributed by atoms with Crippen molar-refractivity contribution in [3.05, 3.63) is 36.8 Å². The maximum Gasteiger partial charge on any atom is 0.307 e. The summed E-state index contributed by atoms with van der Waals surface area (Å²) in [5.41, 5.74) is 1.98. The van der Waals surface area contributed by atoms with Crippen LogP contribution in [0, 0.1) is 6.92 Å². The zero-order valence-corrected chi connectivity index (χ0v) is 11.9. The Morgan fingerprint density at radius 3 is 2.82 bits per heavy atom. The fourth-order valence-electron chi connectivity index (χ4n) is 1.59. The van der Waals surface area contributed by atoms with Gasteiger partial charge in [0.25, 0.3) is 0 Å². The second-order valence-electron chi connectivity index (χ2n) is 3.76. The maximum absolute atomic E-state index is 11.5. The van der Waals surface area contributed by atoms with E-state index in [1.165, 1.54) is 11.3 Å². The summed E-state index contributed by atoms with van der Waals surface area (Å²) in [6.45, 7) is 2.73. The number of rotatable bonds is 5. The monoisotopic (exact) mass is 288 g/mol. The summed E-state index contributed by atoms with van der Waals surface area (Å²) >= 11 is 8.60. The van der Waals surface area contributed by atoms with Gasteiger partial charge in [-0.05, 0) is 13.3 Å². The van der Waals surface area contributed by atoms with E-state index in [-0.39, 0.29) is 4.87 Å². The number of thiazole rings is 2. The first-order valence-corrected chi connectivity index (χ1v) is 7.64. The van der Waals surface area contributed by atoms with Crippen molar-refractivity contribution in [2.75, 3.05) is 0 Å². The highest BCUT2D eigenvalue weighted by molar-refractivity contribution is 7.09. The predicted octanol–water partition coefficient (Wildman–Crippen LogP) is 3.05. The molecule has 2 rings (SSSR count). The fourth-order valence-corrected chi connectivity index (χ4v) is 3.42. The lowest BCUT2D eigenvalue weighted by atomic mass is 10.3. The normalized spacial score (nSPS) is 10.9. The number of halogens is 1. The Morgan fingerprint density at radius 1 is 1.41 bits per heavy atom. The van der Waals surface area contributed by atoms with E-state index in [0.29, 0.717) is 5.88 Å². The van der Waals surface area contributed by atoms with Crippen LogP contribution in [-0.2, 0) is 18.8 Å². The summed E-state index contributed by atoms with van der Waals surface area (Å²) in [6.07, 6.45) is 1.84. The summed E-state index contributed by atoms with van der Waals surface area (Å²) in [7, 11) is 0. The molecular formula is C11H13ClN2OS2. The van der Waals surface area contributed by atoms with Gasteiger partial charge in [-0.3, -0.25) is 4.79 Å². The average molecular weight is 289 g/mol. The third-order valence-corrected chi connectivity index (χ3v) is 4.60. The predicted molar refractivity (Wildman–Crippen MR) is 73.3 cm³/mol. The van der Waals surface area contributed by atoms with Crippen molar-refractivity contribution in [1.29, 1.82) is 0 Å². The van der Waals surface area contributed by atoms with E-state index in [1.807, 2.05) is 22.3 Å². The van der Waals surface area contributed by atoms with Crippen LogP contribution in [0.5, 0.6) is 0 Å². The zero-order chi connectivity index (χ0) is 12.3. The molecule has 0 atom stereocenters. The quantitative estimate of drug-likeness (QED) is 0.793. The lowest BCUT2D eigenvalue weighted by Crippen LogP contribution is -2.14. The third-order valence-electron chi connectivity index (χ3n) is 2.49. The minimum Gasteiger partial charge on any atom is -0.303 e. The van der Waals surface area contributed by atoms with Crippen molar-refractivity contribution >= 4 is 34.3 Å². The molecule has 0 radical (unpaired) electrons. The van der Waals surface area contributed by atoms with Gasteiger partial charge in [-0.2, -0.15) is 0 Å². The SMILES string of the molecule is Cc1csc(=O)n1CCCc1nc(CCl)cs1. The molecule has 2 aromatic heterocycles. The standard InChI is InChI=1S/C11H13ClN2OS2/c1-8-6-17-11(15)14(8)4-2-3-10-13-9(5-12)7-16-10/h6-7H,2-5H2,1H3. The first-order chi connectivity index (χ1) is 8.20. The minimum absolute atomic E-state index is 0.128. The van der Waals surface area contributed by atoms with E-state index >= 15 is 0 Å². The number of nitrogens with zero attached hydrogens (tertiary/aromatic N) is 2. The van der Waals surface area contributed by atoms with Crippen molar-refractivity contribution in [3.63, 3.8) is 0 Å². The highest BCUT2D eigenvalue weighted by Gasteiger charge is 2.04. The Hall–Kier alpha value is -0.650. The molecule has 0 aromatic carbocycles. The molecule has 0 aliphatic heterocycles. The van der Waals surface area contributed by atoms with Crippen LogP contribution in [0.3, 0.4) is 0 Å². The molecule has 0 aliphatic carbocycles.